The van der Waals surface area contributed by atoms with Crippen molar-refractivity contribution in [3.63, 3.8) is 0 Å². The van der Waals surface area contributed by atoms with E-state index in [1.807, 2.05) is 0 Å². The number of nitrogens with zero attached hydrogens (tertiary/aromatic N) is 2. The van der Waals surface area contributed by atoms with E-state index < -0.39 is 10.1 Å². The minimum atomic E-state index is -3.42. The molecule has 0 aliphatic heterocycles. The third kappa shape index (κ3) is 26.0. The second-order valence-electron chi connectivity index (χ2n) is 10.4. The Morgan fingerprint density at radius 1 is 0.775 bits per heavy atom. The van der Waals surface area contributed by atoms with Gasteiger partial charge in [0.1, 0.15) is 12.4 Å². The van der Waals surface area contributed by atoms with E-state index in [0.29, 0.717) is 19.1 Å². The highest BCUT2D eigenvalue weighted by atomic mass is 32.2. The predicted molar refractivity (Wildman–Crippen MR) is 166 cm³/mol. The monoisotopic (exact) mass is 604 g/mol. The molecule has 40 heavy (non-hydrogen) atoms. The van der Waals surface area contributed by atoms with Crippen molar-refractivity contribution in [3.8, 4) is 5.88 Å². The van der Waals surface area contributed by atoms with Gasteiger partial charge in [0.15, 0.2) is 0 Å². The predicted octanol–water partition coefficient (Wildman–Crippen LogP) is 7.23. The summed E-state index contributed by atoms with van der Waals surface area (Å²) in [5.41, 5.74) is 0. The first-order valence-electron chi connectivity index (χ1n) is 15.5. The van der Waals surface area contributed by atoms with Crippen LogP contribution in [0.1, 0.15) is 110 Å². The van der Waals surface area contributed by atoms with Gasteiger partial charge in [-0.05, 0) is 6.42 Å². The van der Waals surface area contributed by atoms with Gasteiger partial charge in [-0.25, -0.2) is 9.97 Å². The Balaban J connectivity index is 2.01. The molecule has 234 valence electrons. The number of aromatic nitrogens is 2. The first-order chi connectivity index (χ1) is 19.5. The van der Waals surface area contributed by atoms with Gasteiger partial charge in [-0.2, -0.15) is 20.2 Å². The van der Waals surface area contributed by atoms with E-state index >= 15 is 0 Å². The van der Waals surface area contributed by atoms with E-state index in [2.05, 4.69) is 21.1 Å². The van der Waals surface area contributed by atoms with Crippen LogP contribution < -0.4 is 4.74 Å². The average molecular weight is 605 g/mol. The summed E-state index contributed by atoms with van der Waals surface area (Å²) in [7, 11) is -3.42. The molecule has 8 nitrogen and oxygen atoms in total. The molecule has 0 saturated carbocycles. The zero-order valence-corrected chi connectivity index (χ0v) is 26.9. The van der Waals surface area contributed by atoms with Gasteiger partial charge in [-0.1, -0.05) is 103 Å². The molecule has 0 spiro atoms. The van der Waals surface area contributed by atoms with Gasteiger partial charge in [-0.15, -0.1) is 0 Å². The molecule has 1 atom stereocenters. The molecule has 1 heterocycles. The van der Waals surface area contributed by atoms with Crippen LogP contribution in [0.2, 0.25) is 0 Å². The van der Waals surface area contributed by atoms with Crippen molar-refractivity contribution in [3.05, 3.63) is 18.6 Å². The molecule has 1 unspecified atom stereocenters. The summed E-state index contributed by atoms with van der Waals surface area (Å²) in [6, 6.07) is 1.75. The molecule has 10 heteroatoms. The van der Waals surface area contributed by atoms with Crippen molar-refractivity contribution in [2.24, 2.45) is 0 Å². The molecule has 0 fully saturated rings. The van der Waals surface area contributed by atoms with E-state index in [-0.39, 0.29) is 19.3 Å². The molecule has 1 aromatic rings. The number of thioether (sulfide) groups is 1. The topological polar surface area (TPSA) is 96.8 Å². The van der Waals surface area contributed by atoms with E-state index in [9.17, 15) is 8.42 Å². The smallest absolute Gasteiger partial charge is 0.264 e. The van der Waals surface area contributed by atoms with Crippen molar-refractivity contribution in [1.29, 1.82) is 0 Å². The third-order valence-corrected chi connectivity index (χ3v) is 8.15. The van der Waals surface area contributed by atoms with Gasteiger partial charge in [-0.3, -0.25) is 4.18 Å². The van der Waals surface area contributed by atoms with Crippen LogP contribution in [0.4, 0.5) is 0 Å². The largest absolute Gasteiger partial charge is 0.471 e. The minimum Gasteiger partial charge on any atom is -0.471 e. The molecule has 0 radical (unpaired) electrons. The molecule has 0 saturated heterocycles. The molecule has 0 aliphatic rings. The molecule has 1 rings (SSSR count). The fourth-order valence-corrected chi connectivity index (χ4v) is 5.48. The van der Waals surface area contributed by atoms with Crippen LogP contribution in [0.15, 0.2) is 18.6 Å². The molecule has 0 N–H and O–H groups in total. The lowest BCUT2D eigenvalue weighted by Gasteiger charge is -2.18. The lowest BCUT2D eigenvalue weighted by molar-refractivity contribution is 0.0564. The summed E-state index contributed by atoms with van der Waals surface area (Å²) in [4.78, 5) is 8.10. The minimum absolute atomic E-state index is 0.0378. The highest BCUT2D eigenvalue weighted by molar-refractivity contribution is 7.99. The van der Waals surface area contributed by atoms with Crippen LogP contribution in [0, 0.1) is 0 Å². The van der Waals surface area contributed by atoms with Gasteiger partial charge in [0, 0.05) is 30.4 Å². The molecule has 0 amide bonds. The van der Waals surface area contributed by atoms with Crippen molar-refractivity contribution >= 4 is 21.9 Å². The number of hydrogen-bond donors (Lipinski definition) is 0. The van der Waals surface area contributed by atoms with Crippen molar-refractivity contribution in [1.82, 2.24) is 9.97 Å². The summed E-state index contributed by atoms with van der Waals surface area (Å²) in [6.45, 7) is 4.34. The Morgan fingerprint density at radius 3 is 1.93 bits per heavy atom. The third-order valence-electron chi connectivity index (χ3n) is 6.49. The Morgan fingerprint density at radius 2 is 1.38 bits per heavy atom. The first kappa shape index (κ1) is 37.1. The maximum Gasteiger partial charge on any atom is 0.264 e. The SMILES string of the molecule is CCCCCCCCCCCCCCCCCCOCC(CSCCOCCOS(C)(=O)=O)Oc1ccncn1. The van der Waals surface area contributed by atoms with E-state index in [4.69, 9.17) is 14.2 Å². The van der Waals surface area contributed by atoms with Gasteiger partial charge < -0.3 is 14.2 Å². The second kappa shape index (κ2) is 26.9. The van der Waals surface area contributed by atoms with Gasteiger partial charge in [0.25, 0.3) is 10.1 Å². The number of ether oxygens (including phenoxy) is 3. The maximum atomic E-state index is 10.9. The van der Waals surface area contributed by atoms with Crippen LogP contribution in [-0.4, -0.2) is 75.3 Å². The van der Waals surface area contributed by atoms with Crippen LogP contribution in [0.3, 0.4) is 0 Å². The Hall–Kier alpha value is -0.940. The maximum absolute atomic E-state index is 10.9. The molecule has 0 aromatic carbocycles. The Labute approximate surface area is 249 Å². The molecular formula is C30H56N2O6S2. The lowest BCUT2D eigenvalue weighted by atomic mass is 10.0. The molecule has 1 aromatic heterocycles. The second-order valence-corrected chi connectivity index (χ2v) is 13.2. The highest BCUT2D eigenvalue weighted by Crippen LogP contribution is 2.15. The molecule has 0 aliphatic carbocycles. The van der Waals surface area contributed by atoms with Gasteiger partial charge in [0.05, 0.1) is 32.7 Å². The number of hydrogen-bond acceptors (Lipinski definition) is 9. The van der Waals surface area contributed by atoms with Crippen molar-refractivity contribution in [2.75, 3.05) is 50.8 Å². The quantitative estimate of drug-likeness (QED) is 0.0665. The van der Waals surface area contributed by atoms with Crippen LogP contribution >= 0.6 is 11.8 Å². The standard InChI is InChI=1S/C30H56N2O6S2/c1-3-4-5-6-7-8-9-10-11-12-13-14-15-16-17-18-21-36-26-29(38-30-19-20-31-28-32-30)27-39-25-24-35-22-23-37-40(2,33)34/h19-20,28-29H,3-18,21-27H2,1-2H3. The fourth-order valence-electron chi connectivity index (χ4n) is 4.28. The zero-order valence-electron chi connectivity index (χ0n) is 25.2. The van der Waals surface area contributed by atoms with Crippen LogP contribution in [0.25, 0.3) is 0 Å². The van der Waals surface area contributed by atoms with Crippen molar-refractivity contribution in [2.45, 2.75) is 116 Å². The Bertz CT molecular complexity index is 771. The van der Waals surface area contributed by atoms with E-state index in [1.165, 1.54) is 103 Å². The fraction of sp³-hybridized carbons (Fsp3) is 0.867. The van der Waals surface area contributed by atoms with Crippen LogP contribution in [0.5, 0.6) is 5.88 Å². The summed E-state index contributed by atoms with van der Waals surface area (Å²) >= 11 is 1.70. The van der Waals surface area contributed by atoms with Gasteiger partial charge in [0.2, 0.25) is 5.88 Å². The molecular weight excluding hydrogens is 548 g/mol. The normalized spacial score (nSPS) is 12.6. The summed E-state index contributed by atoms with van der Waals surface area (Å²) < 4.78 is 43.9. The lowest BCUT2D eigenvalue weighted by Crippen LogP contribution is -2.27. The average Bonchev–Trinajstić information content (AvgIpc) is 2.93. The Kier molecular flexibility index (Phi) is 25.0. The highest BCUT2D eigenvalue weighted by Gasteiger charge is 2.12. The zero-order chi connectivity index (χ0) is 29.0. The molecule has 0 bridgehead atoms. The van der Waals surface area contributed by atoms with Crippen molar-refractivity contribution < 1.29 is 26.8 Å². The number of unbranched alkanes of at least 4 members (excludes halogenated alkanes) is 15. The number of rotatable bonds is 30. The van der Waals surface area contributed by atoms with Gasteiger partial charge >= 0.3 is 0 Å². The summed E-state index contributed by atoms with van der Waals surface area (Å²) in [5, 5.41) is 0. The summed E-state index contributed by atoms with van der Waals surface area (Å²) in [5.74, 6) is 2.05. The summed E-state index contributed by atoms with van der Waals surface area (Å²) in [6.07, 6.45) is 25.8. The van der Waals surface area contributed by atoms with Crippen LogP contribution in [-0.2, 0) is 23.8 Å². The first-order valence-corrected chi connectivity index (χ1v) is 18.5. The van der Waals surface area contributed by atoms with E-state index in [0.717, 1.165) is 30.8 Å². The van der Waals surface area contributed by atoms with E-state index in [1.54, 1.807) is 24.0 Å².